The van der Waals surface area contributed by atoms with Gasteiger partial charge in [0.05, 0.1) is 25.5 Å². The summed E-state index contributed by atoms with van der Waals surface area (Å²) < 4.78 is 10.8. The number of rotatable bonds is 4. The summed E-state index contributed by atoms with van der Waals surface area (Å²) >= 11 is 0. The second-order valence-electron chi connectivity index (χ2n) is 5.04. The highest BCUT2D eigenvalue weighted by Gasteiger charge is 2.34. The first-order chi connectivity index (χ1) is 7.59. The van der Waals surface area contributed by atoms with Gasteiger partial charge in [0, 0.05) is 11.5 Å². The number of hydrogen-bond acceptors (Lipinski definition) is 4. The van der Waals surface area contributed by atoms with Crippen LogP contribution in [-0.4, -0.2) is 30.0 Å². The van der Waals surface area contributed by atoms with Gasteiger partial charge in [-0.15, -0.1) is 5.10 Å². The summed E-state index contributed by atoms with van der Waals surface area (Å²) in [5.74, 6) is 0.997. The smallest absolute Gasteiger partial charge is 0.233 e. The second-order valence-corrected chi connectivity index (χ2v) is 5.04. The molecule has 0 aliphatic carbocycles. The van der Waals surface area contributed by atoms with Crippen LogP contribution in [0.15, 0.2) is 12.1 Å². The highest BCUT2D eigenvalue weighted by molar-refractivity contribution is 5.13. The van der Waals surface area contributed by atoms with Crippen LogP contribution in [0, 0.1) is 5.41 Å². The van der Waals surface area contributed by atoms with E-state index >= 15 is 0 Å². The van der Waals surface area contributed by atoms with E-state index in [4.69, 9.17) is 9.47 Å². The molecule has 0 N–H and O–H groups in total. The molecule has 0 bridgehead atoms. The van der Waals surface area contributed by atoms with Gasteiger partial charge in [-0.2, -0.15) is 5.10 Å². The maximum Gasteiger partial charge on any atom is 0.233 e. The maximum absolute atomic E-state index is 5.59. The SMILES string of the molecule is CC(C)c1ccc(OCC2(C)COC2)nn1. The summed E-state index contributed by atoms with van der Waals surface area (Å²) in [7, 11) is 0. The lowest BCUT2D eigenvalue weighted by atomic mass is 9.90. The monoisotopic (exact) mass is 222 g/mol. The highest BCUT2D eigenvalue weighted by Crippen LogP contribution is 2.27. The van der Waals surface area contributed by atoms with Gasteiger partial charge in [0.2, 0.25) is 5.88 Å². The Labute approximate surface area is 96.0 Å². The van der Waals surface area contributed by atoms with Crippen LogP contribution in [0.4, 0.5) is 0 Å². The molecule has 1 aromatic heterocycles. The fraction of sp³-hybridized carbons (Fsp3) is 0.667. The molecule has 0 unspecified atom stereocenters. The van der Waals surface area contributed by atoms with Crippen molar-refractivity contribution in [2.24, 2.45) is 5.41 Å². The molecule has 1 saturated heterocycles. The van der Waals surface area contributed by atoms with Crippen LogP contribution in [-0.2, 0) is 4.74 Å². The van der Waals surface area contributed by atoms with E-state index in [1.54, 1.807) is 0 Å². The molecule has 2 heterocycles. The molecular weight excluding hydrogens is 204 g/mol. The van der Waals surface area contributed by atoms with E-state index in [1.807, 2.05) is 12.1 Å². The van der Waals surface area contributed by atoms with E-state index < -0.39 is 0 Å². The summed E-state index contributed by atoms with van der Waals surface area (Å²) in [5.41, 5.74) is 1.14. The molecule has 0 spiro atoms. The maximum atomic E-state index is 5.59. The third-order valence-corrected chi connectivity index (χ3v) is 2.72. The van der Waals surface area contributed by atoms with Crippen LogP contribution in [0.25, 0.3) is 0 Å². The molecule has 1 aliphatic heterocycles. The summed E-state index contributed by atoms with van der Waals surface area (Å²) in [6.07, 6.45) is 0. The first kappa shape index (κ1) is 11.3. The normalized spacial score (nSPS) is 18.2. The molecule has 0 radical (unpaired) electrons. The van der Waals surface area contributed by atoms with Crippen LogP contribution >= 0.6 is 0 Å². The van der Waals surface area contributed by atoms with Gasteiger partial charge in [-0.05, 0) is 12.0 Å². The summed E-state index contributed by atoms with van der Waals surface area (Å²) in [6.45, 7) is 8.51. The van der Waals surface area contributed by atoms with Crippen molar-refractivity contribution < 1.29 is 9.47 Å². The lowest BCUT2D eigenvalue weighted by Gasteiger charge is -2.37. The molecule has 0 saturated carbocycles. The van der Waals surface area contributed by atoms with Crippen LogP contribution in [0.2, 0.25) is 0 Å². The Morgan fingerprint density at radius 2 is 2.12 bits per heavy atom. The first-order valence-corrected chi connectivity index (χ1v) is 5.63. The zero-order valence-corrected chi connectivity index (χ0v) is 10.1. The van der Waals surface area contributed by atoms with Gasteiger partial charge in [0.1, 0.15) is 0 Å². The van der Waals surface area contributed by atoms with Crippen molar-refractivity contribution in [3.8, 4) is 5.88 Å². The molecule has 0 atom stereocenters. The van der Waals surface area contributed by atoms with Crippen molar-refractivity contribution in [2.45, 2.75) is 26.7 Å². The lowest BCUT2D eigenvalue weighted by Crippen LogP contribution is -2.44. The van der Waals surface area contributed by atoms with E-state index in [9.17, 15) is 0 Å². The average molecular weight is 222 g/mol. The first-order valence-electron chi connectivity index (χ1n) is 5.63. The van der Waals surface area contributed by atoms with Crippen molar-refractivity contribution in [2.75, 3.05) is 19.8 Å². The fourth-order valence-corrected chi connectivity index (χ4v) is 1.50. The molecule has 0 amide bonds. The predicted molar refractivity (Wildman–Crippen MR) is 60.5 cm³/mol. The van der Waals surface area contributed by atoms with Gasteiger partial charge < -0.3 is 9.47 Å². The minimum absolute atomic E-state index is 0.151. The van der Waals surface area contributed by atoms with E-state index in [0.717, 1.165) is 18.9 Å². The number of nitrogens with zero attached hydrogens (tertiary/aromatic N) is 2. The Morgan fingerprint density at radius 1 is 1.38 bits per heavy atom. The molecule has 16 heavy (non-hydrogen) atoms. The van der Waals surface area contributed by atoms with Crippen LogP contribution in [0.5, 0.6) is 5.88 Å². The number of hydrogen-bond donors (Lipinski definition) is 0. The van der Waals surface area contributed by atoms with E-state index in [0.29, 0.717) is 18.4 Å². The van der Waals surface area contributed by atoms with Gasteiger partial charge in [-0.1, -0.05) is 20.8 Å². The Morgan fingerprint density at radius 3 is 2.56 bits per heavy atom. The van der Waals surface area contributed by atoms with Crippen LogP contribution < -0.4 is 4.74 Å². The predicted octanol–water partition coefficient (Wildman–Crippen LogP) is 2.02. The fourth-order valence-electron chi connectivity index (χ4n) is 1.50. The van der Waals surface area contributed by atoms with E-state index in [1.165, 1.54) is 0 Å². The Bertz CT molecular complexity index is 345. The number of ether oxygens (including phenoxy) is 2. The molecule has 4 heteroatoms. The largest absolute Gasteiger partial charge is 0.476 e. The van der Waals surface area contributed by atoms with Crippen LogP contribution in [0.3, 0.4) is 0 Å². The van der Waals surface area contributed by atoms with Gasteiger partial charge in [0.25, 0.3) is 0 Å². The summed E-state index contributed by atoms with van der Waals surface area (Å²) in [5, 5.41) is 8.16. The second kappa shape index (κ2) is 4.37. The highest BCUT2D eigenvalue weighted by atomic mass is 16.5. The van der Waals surface area contributed by atoms with Crippen molar-refractivity contribution >= 4 is 0 Å². The van der Waals surface area contributed by atoms with Crippen LogP contribution in [0.1, 0.15) is 32.4 Å². The standard InChI is InChI=1S/C12H18N2O2/c1-9(2)10-4-5-11(14-13-10)16-8-12(3)6-15-7-12/h4-5,9H,6-8H2,1-3H3. The topological polar surface area (TPSA) is 44.2 Å². The number of aromatic nitrogens is 2. The Hall–Kier alpha value is -1.16. The zero-order valence-electron chi connectivity index (χ0n) is 10.1. The van der Waals surface area contributed by atoms with Gasteiger partial charge in [-0.25, -0.2) is 0 Å². The minimum Gasteiger partial charge on any atom is -0.476 e. The van der Waals surface area contributed by atoms with Crippen molar-refractivity contribution in [3.63, 3.8) is 0 Å². The van der Waals surface area contributed by atoms with Crippen molar-refractivity contribution in [3.05, 3.63) is 17.8 Å². The average Bonchev–Trinajstić information content (AvgIpc) is 2.24. The minimum atomic E-state index is 0.151. The van der Waals surface area contributed by atoms with Crippen molar-refractivity contribution in [1.29, 1.82) is 0 Å². The molecule has 2 rings (SSSR count). The van der Waals surface area contributed by atoms with Gasteiger partial charge in [0.15, 0.2) is 0 Å². The molecule has 1 aliphatic rings. The third kappa shape index (κ3) is 2.50. The van der Waals surface area contributed by atoms with Gasteiger partial charge >= 0.3 is 0 Å². The van der Waals surface area contributed by atoms with Crippen molar-refractivity contribution in [1.82, 2.24) is 10.2 Å². The zero-order chi connectivity index (χ0) is 11.6. The summed E-state index contributed by atoms with van der Waals surface area (Å²) in [6, 6.07) is 3.85. The molecular formula is C12H18N2O2. The molecule has 4 nitrogen and oxygen atoms in total. The molecule has 1 fully saturated rings. The summed E-state index contributed by atoms with van der Waals surface area (Å²) in [4.78, 5) is 0. The van der Waals surface area contributed by atoms with Gasteiger partial charge in [-0.3, -0.25) is 0 Å². The Kier molecular flexibility index (Phi) is 3.10. The Balaban J connectivity index is 1.90. The van der Waals surface area contributed by atoms with E-state index in [-0.39, 0.29) is 5.41 Å². The van der Waals surface area contributed by atoms with E-state index in [2.05, 4.69) is 31.0 Å². The quantitative estimate of drug-likeness (QED) is 0.781. The third-order valence-electron chi connectivity index (χ3n) is 2.72. The molecule has 1 aromatic rings. The molecule has 0 aromatic carbocycles. The molecule has 88 valence electrons. The lowest BCUT2D eigenvalue weighted by molar-refractivity contribution is -0.120.